The first kappa shape index (κ1) is 10.2. The second kappa shape index (κ2) is 3.77. The topological polar surface area (TPSA) is 24.1 Å². The normalized spacial score (nSPS) is 27.2. The lowest BCUT2D eigenvalue weighted by Crippen LogP contribution is -2.50. The molecule has 2 heteroatoms. The lowest BCUT2D eigenvalue weighted by Gasteiger charge is -2.45. The lowest BCUT2D eigenvalue weighted by molar-refractivity contribution is 0.294. The quantitative estimate of drug-likeness (QED) is 0.697. The summed E-state index contributed by atoms with van der Waals surface area (Å²) in [7, 11) is 0. The number of fused-ring (bicyclic) bond motifs is 1. The second-order valence-electron chi connectivity index (χ2n) is 5.35. The van der Waals surface area contributed by atoms with Crippen LogP contribution in [0.3, 0.4) is 0 Å². The lowest BCUT2D eigenvalue weighted by atomic mass is 9.75. The van der Waals surface area contributed by atoms with Gasteiger partial charge < -0.3 is 10.6 Å². The molecule has 86 valence electrons. The maximum absolute atomic E-state index is 3.80. The van der Waals surface area contributed by atoms with Crippen LogP contribution in [0.5, 0.6) is 0 Å². The average Bonchev–Trinajstić information content (AvgIpc) is 2.30. The zero-order valence-corrected chi connectivity index (χ0v) is 9.92. The van der Waals surface area contributed by atoms with Crippen molar-refractivity contribution in [1.82, 2.24) is 5.32 Å². The van der Waals surface area contributed by atoms with Crippen molar-refractivity contribution in [3.63, 3.8) is 0 Å². The first-order valence-corrected chi connectivity index (χ1v) is 6.37. The van der Waals surface area contributed by atoms with Gasteiger partial charge in [0.25, 0.3) is 0 Å². The highest BCUT2D eigenvalue weighted by Gasteiger charge is 2.37. The van der Waals surface area contributed by atoms with E-state index in [-0.39, 0.29) is 0 Å². The molecular formula is C14H20N2. The molecular weight excluding hydrogens is 196 g/mol. The van der Waals surface area contributed by atoms with Crippen LogP contribution in [-0.4, -0.2) is 18.6 Å². The summed E-state index contributed by atoms with van der Waals surface area (Å²) in [6, 6.07) is 8.78. The van der Waals surface area contributed by atoms with Gasteiger partial charge in [-0.2, -0.15) is 0 Å². The predicted octanol–water partition coefficient (Wildman–Crippen LogP) is 2.73. The molecule has 1 aromatic carbocycles. The molecule has 0 radical (unpaired) electrons. The Labute approximate surface area is 97.4 Å². The van der Waals surface area contributed by atoms with Gasteiger partial charge in [-0.25, -0.2) is 0 Å². The highest BCUT2D eigenvalue weighted by atomic mass is 15.0. The smallest absolute Gasteiger partial charge is 0.0403 e. The number of para-hydroxylation sites is 1. The van der Waals surface area contributed by atoms with Crippen LogP contribution in [0.25, 0.3) is 0 Å². The summed E-state index contributed by atoms with van der Waals surface area (Å²) >= 11 is 0. The Morgan fingerprint density at radius 3 is 2.75 bits per heavy atom. The van der Waals surface area contributed by atoms with Crippen LogP contribution in [-0.2, 0) is 0 Å². The molecule has 0 amide bonds. The van der Waals surface area contributed by atoms with E-state index in [0.717, 1.165) is 13.1 Å². The zero-order chi connectivity index (χ0) is 11.0. The van der Waals surface area contributed by atoms with Crippen molar-refractivity contribution in [2.45, 2.75) is 37.6 Å². The molecule has 0 saturated carbocycles. The SMILES string of the molecule is CC1CC2(CCNCC2)Nc2ccccc21. The fourth-order valence-electron chi connectivity index (χ4n) is 3.31. The van der Waals surface area contributed by atoms with Gasteiger partial charge in [0.05, 0.1) is 0 Å². The Morgan fingerprint density at radius 2 is 1.94 bits per heavy atom. The third kappa shape index (κ3) is 1.61. The van der Waals surface area contributed by atoms with Crippen LogP contribution in [0.2, 0.25) is 0 Å². The van der Waals surface area contributed by atoms with E-state index in [9.17, 15) is 0 Å². The van der Waals surface area contributed by atoms with Gasteiger partial charge in [-0.3, -0.25) is 0 Å². The van der Waals surface area contributed by atoms with Gasteiger partial charge in [0.15, 0.2) is 0 Å². The van der Waals surface area contributed by atoms with Gasteiger partial charge in [0.2, 0.25) is 0 Å². The molecule has 2 heterocycles. The summed E-state index contributed by atoms with van der Waals surface area (Å²) in [5, 5.41) is 7.26. The molecule has 2 N–H and O–H groups in total. The summed E-state index contributed by atoms with van der Waals surface area (Å²) in [4.78, 5) is 0. The number of hydrogen-bond acceptors (Lipinski definition) is 2. The fraction of sp³-hybridized carbons (Fsp3) is 0.571. The maximum Gasteiger partial charge on any atom is 0.0403 e. The van der Waals surface area contributed by atoms with Crippen molar-refractivity contribution in [3.8, 4) is 0 Å². The highest BCUT2D eigenvalue weighted by molar-refractivity contribution is 5.57. The number of hydrogen-bond donors (Lipinski definition) is 2. The van der Waals surface area contributed by atoms with Crippen molar-refractivity contribution in [2.24, 2.45) is 0 Å². The van der Waals surface area contributed by atoms with Gasteiger partial charge in [-0.15, -0.1) is 0 Å². The first-order chi connectivity index (χ1) is 7.79. The molecule has 1 atom stereocenters. The van der Waals surface area contributed by atoms with E-state index in [2.05, 4.69) is 41.8 Å². The van der Waals surface area contributed by atoms with E-state index in [1.807, 2.05) is 0 Å². The molecule has 2 nitrogen and oxygen atoms in total. The van der Waals surface area contributed by atoms with E-state index in [1.54, 1.807) is 0 Å². The summed E-state index contributed by atoms with van der Waals surface area (Å²) in [6.07, 6.45) is 3.79. The van der Waals surface area contributed by atoms with Gasteiger partial charge in [0, 0.05) is 11.2 Å². The predicted molar refractivity (Wildman–Crippen MR) is 67.9 cm³/mol. The van der Waals surface area contributed by atoms with Gasteiger partial charge in [0.1, 0.15) is 0 Å². The van der Waals surface area contributed by atoms with Crippen LogP contribution in [0.15, 0.2) is 24.3 Å². The van der Waals surface area contributed by atoms with Crippen LogP contribution in [0.4, 0.5) is 5.69 Å². The molecule has 1 saturated heterocycles. The Morgan fingerprint density at radius 1 is 1.19 bits per heavy atom. The van der Waals surface area contributed by atoms with Gasteiger partial charge >= 0.3 is 0 Å². The molecule has 2 aliphatic rings. The third-order valence-corrected chi connectivity index (χ3v) is 4.15. The minimum Gasteiger partial charge on any atom is -0.379 e. The molecule has 1 fully saturated rings. The van der Waals surface area contributed by atoms with Crippen molar-refractivity contribution in [2.75, 3.05) is 18.4 Å². The molecule has 0 aromatic heterocycles. The van der Waals surface area contributed by atoms with Crippen LogP contribution < -0.4 is 10.6 Å². The summed E-state index contributed by atoms with van der Waals surface area (Å²) in [5.74, 6) is 0.690. The number of nitrogens with one attached hydrogen (secondary N) is 2. The van der Waals surface area contributed by atoms with Crippen LogP contribution >= 0.6 is 0 Å². The largest absolute Gasteiger partial charge is 0.379 e. The molecule has 1 spiro atoms. The fourth-order valence-corrected chi connectivity index (χ4v) is 3.31. The van der Waals surface area contributed by atoms with Gasteiger partial charge in [-0.1, -0.05) is 25.1 Å². The number of rotatable bonds is 0. The van der Waals surface area contributed by atoms with E-state index in [4.69, 9.17) is 0 Å². The van der Waals surface area contributed by atoms with Gasteiger partial charge in [-0.05, 0) is 49.9 Å². The van der Waals surface area contributed by atoms with Crippen molar-refractivity contribution in [3.05, 3.63) is 29.8 Å². The van der Waals surface area contributed by atoms with Crippen LogP contribution in [0.1, 0.15) is 37.7 Å². The Balaban J connectivity index is 1.93. The molecule has 1 unspecified atom stereocenters. The average molecular weight is 216 g/mol. The Kier molecular flexibility index (Phi) is 2.40. The molecule has 16 heavy (non-hydrogen) atoms. The van der Waals surface area contributed by atoms with E-state index < -0.39 is 0 Å². The maximum atomic E-state index is 3.80. The zero-order valence-electron chi connectivity index (χ0n) is 9.92. The Hall–Kier alpha value is -1.02. The summed E-state index contributed by atoms with van der Waals surface area (Å²) < 4.78 is 0. The van der Waals surface area contributed by atoms with E-state index in [1.165, 1.54) is 30.5 Å². The Bertz CT molecular complexity index is 380. The number of anilines is 1. The van der Waals surface area contributed by atoms with Crippen molar-refractivity contribution >= 4 is 5.69 Å². The van der Waals surface area contributed by atoms with Crippen molar-refractivity contribution in [1.29, 1.82) is 0 Å². The standard InChI is InChI=1S/C14H20N2/c1-11-10-14(6-8-15-9-7-14)16-13-5-3-2-4-12(11)13/h2-5,11,15-16H,6-10H2,1H3. The third-order valence-electron chi connectivity index (χ3n) is 4.15. The molecule has 2 aliphatic heterocycles. The van der Waals surface area contributed by atoms with Crippen LogP contribution in [0, 0.1) is 0 Å². The molecule has 1 aromatic rings. The molecule has 0 bridgehead atoms. The molecule has 3 rings (SSSR count). The number of piperidine rings is 1. The minimum absolute atomic E-state index is 0.360. The number of benzene rings is 1. The summed E-state index contributed by atoms with van der Waals surface area (Å²) in [5.41, 5.74) is 3.22. The van der Waals surface area contributed by atoms with E-state index >= 15 is 0 Å². The second-order valence-corrected chi connectivity index (χ2v) is 5.35. The highest BCUT2D eigenvalue weighted by Crippen LogP contribution is 2.42. The molecule has 0 aliphatic carbocycles. The van der Waals surface area contributed by atoms with E-state index in [0.29, 0.717) is 11.5 Å². The van der Waals surface area contributed by atoms with Crippen molar-refractivity contribution < 1.29 is 0 Å². The minimum atomic E-state index is 0.360. The first-order valence-electron chi connectivity index (χ1n) is 6.37. The summed E-state index contributed by atoms with van der Waals surface area (Å²) in [6.45, 7) is 4.67. The monoisotopic (exact) mass is 216 g/mol.